The van der Waals surface area contributed by atoms with Gasteiger partial charge in [-0.3, -0.25) is 0 Å². The Kier molecular flexibility index (Phi) is 5.85. The summed E-state index contributed by atoms with van der Waals surface area (Å²) >= 11 is 0. The van der Waals surface area contributed by atoms with Crippen molar-refractivity contribution in [3.8, 4) is 11.4 Å². The molecule has 1 aliphatic rings. The maximum absolute atomic E-state index is 14.6. The molecule has 0 aromatic carbocycles. The van der Waals surface area contributed by atoms with Gasteiger partial charge in [0.2, 0.25) is 0 Å². The van der Waals surface area contributed by atoms with E-state index in [1.807, 2.05) is 26.8 Å². The van der Waals surface area contributed by atoms with E-state index in [9.17, 15) is 14.0 Å². The molecule has 188 valence electrons. The highest BCUT2D eigenvalue weighted by Gasteiger charge is 2.25. The lowest BCUT2D eigenvalue weighted by molar-refractivity contribution is 0.0263. The van der Waals surface area contributed by atoms with E-state index >= 15 is 0 Å². The van der Waals surface area contributed by atoms with Gasteiger partial charge in [0.15, 0.2) is 17.3 Å². The van der Waals surface area contributed by atoms with Gasteiger partial charge in [-0.15, -0.1) is 0 Å². The molecule has 0 radical (unpaired) electrons. The van der Waals surface area contributed by atoms with E-state index in [4.69, 9.17) is 4.74 Å². The molecular formula is C25H28FN7O3. The molecule has 1 aliphatic heterocycles. The first kappa shape index (κ1) is 23.7. The van der Waals surface area contributed by atoms with E-state index in [1.54, 1.807) is 40.9 Å². The Bertz CT molecular complexity index is 1520. The number of aryl methyl sites for hydroxylation is 1. The van der Waals surface area contributed by atoms with Crippen molar-refractivity contribution >= 4 is 23.1 Å². The van der Waals surface area contributed by atoms with Crippen molar-refractivity contribution in [3.63, 3.8) is 0 Å². The zero-order valence-electron chi connectivity index (χ0n) is 20.7. The first-order valence-electron chi connectivity index (χ1n) is 11.9. The van der Waals surface area contributed by atoms with Gasteiger partial charge in [0.1, 0.15) is 11.2 Å². The SMILES string of the molecule is Cc1cn2cc(-c3nc(=O)n4cc(N5CCCN(C(=O)OC(C)(C)C)CC5)ccc4n3)cc(F)c2n1. The monoisotopic (exact) mass is 493 g/mol. The zero-order chi connectivity index (χ0) is 25.6. The fraction of sp³-hybridized carbons (Fsp3) is 0.400. The Morgan fingerprint density at radius 3 is 2.61 bits per heavy atom. The molecule has 0 saturated carbocycles. The van der Waals surface area contributed by atoms with Crippen molar-refractivity contribution in [3.05, 3.63) is 58.8 Å². The standard InChI is InChI=1S/C25H28FN7O3/c1-16-13-32-14-17(12-19(26)22(32)27-16)21-28-20-7-6-18(15-33(20)23(34)29-21)30-8-5-9-31(11-10-30)24(35)36-25(2,3)4/h6-7,12-15H,5,8-11H2,1-4H3. The molecule has 0 aliphatic carbocycles. The molecule has 11 heteroatoms. The summed E-state index contributed by atoms with van der Waals surface area (Å²) in [4.78, 5) is 42.0. The Morgan fingerprint density at radius 2 is 1.83 bits per heavy atom. The molecule has 1 fully saturated rings. The van der Waals surface area contributed by atoms with Crippen LogP contribution >= 0.6 is 0 Å². The third-order valence-corrected chi connectivity index (χ3v) is 5.94. The van der Waals surface area contributed by atoms with Crippen LogP contribution in [0.25, 0.3) is 22.7 Å². The number of amides is 1. The maximum Gasteiger partial charge on any atom is 0.410 e. The van der Waals surface area contributed by atoms with Crippen molar-refractivity contribution in [2.45, 2.75) is 39.7 Å². The minimum Gasteiger partial charge on any atom is -0.444 e. The van der Waals surface area contributed by atoms with E-state index in [-0.39, 0.29) is 17.6 Å². The van der Waals surface area contributed by atoms with E-state index < -0.39 is 17.1 Å². The van der Waals surface area contributed by atoms with Gasteiger partial charge in [-0.1, -0.05) is 0 Å². The average molecular weight is 494 g/mol. The van der Waals surface area contributed by atoms with Gasteiger partial charge in [-0.25, -0.2) is 28.3 Å². The van der Waals surface area contributed by atoms with Crippen LogP contribution in [-0.2, 0) is 4.74 Å². The summed E-state index contributed by atoms with van der Waals surface area (Å²) in [6.45, 7) is 9.77. The highest BCUT2D eigenvalue weighted by Crippen LogP contribution is 2.21. The predicted molar refractivity (Wildman–Crippen MR) is 133 cm³/mol. The normalized spacial score (nSPS) is 14.9. The fourth-order valence-corrected chi connectivity index (χ4v) is 4.31. The molecule has 0 bridgehead atoms. The summed E-state index contributed by atoms with van der Waals surface area (Å²) in [7, 11) is 0. The van der Waals surface area contributed by atoms with Crippen LogP contribution in [0.5, 0.6) is 0 Å². The molecule has 0 unspecified atom stereocenters. The van der Waals surface area contributed by atoms with E-state index in [0.29, 0.717) is 36.5 Å². The highest BCUT2D eigenvalue weighted by molar-refractivity contribution is 5.68. The second-order valence-electron chi connectivity index (χ2n) is 9.94. The number of hydrogen-bond donors (Lipinski definition) is 0. The maximum atomic E-state index is 14.6. The van der Waals surface area contributed by atoms with Crippen molar-refractivity contribution in [1.82, 2.24) is 28.7 Å². The quantitative estimate of drug-likeness (QED) is 0.423. The topological polar surface area (TPSA) is 97.3 Å². The molecule has 5 heterocycles. The summed E-state index contributed by atoms with van der Waals surface area (Å²) in [5, 5.41) is 0. The van der Waals surface area contributed by atoms with Crippen LogP contribution in [0.15, 0.2) is 41.6 Å². The lowest BCUT2D eigenvalue weighted by Crippen LogP contribution is -2.39. The number of aromatic nitrogens is 5. The van der Waals surface area contributed by atoms with Crippen molar-refractivity contribution in [1.29, 1.82) is 0 Å². The average Bonchev–Trinajstić information content (AvgIpc) is 3.02. The van der Waals surface area contributed by atoms with Crippen LogP contribution in [0.4, 0.5) is 14.9 Å². The highest BCUT2D eigenvalue weighted by atomic mass is 19.1. The van der Waals surface area contributed by atoms with Crippen LogP contribution in [0.1, 0.15) is 32.9 Å². The molecule has 4 aromatic rings. The van der Waals surface area contributed by atoms with Gasteiger partial charge >= 0.3 is 11.8 Å². The molecule has 1 amide bonds. The summed E-state index contributed by atoms with van der Waals surface area (Å²) in [5.41, 5.74) is 1.45. The van der Waals surface area contributed by atoms with Crippen LogP contribution in [-0.4, -0.2) is 66.5 Å². The second-order valence-corrected chi connectivity index (χ2v) is 9.94. The number of ether oxygens (including phenoxy) is 1. The Hall–Kier alpha value is -4.02. The Morgan fingerprint density at radius 1 is 1.03 bits per heavy atom. The van der Waals surface area contributed by atoms with Crippen LogP contribution in [0.3, 0.4) is 0 Å². The third kappa shape index (κ3) is 4.73. The molecule has 4 aromatic heterocycles. The molecule has 0 spiro atoms. The van der Waals surface area contributed by atoms with Crippen molar-refractivity contribution in [2.24, 2.45) is 0 Å². The predicted octanol–water partition coefficient (Wildman–Crippen LogP) is 3.30. The van der Waals surface area contributed by atoms with Crippen LogP contribution in [0, 0.1) is 12.7 Å². The smallest absolute Gasteiger partial charge is 0.410 e. The molecule has 0 N–H and O–H groups in total. The number of nitrogens with zero attached hydrogens (tertiary/aromatic N) is 7. The second kappa shape index (κ2) is 8.89. The van der Waals surface area contributed by atoms with E-state index in [0.717, 1.165) is 18.7 Å². The van der Waals surface area contributed by atoms with E-state index in [1.165, 1.54) is 10.5 Å². The van der Waals surface area contributed by atoms with E-state index in [2.05, 4.69) is 19.9 Å². The van der Waals surface area contributed by atoms with Gasteiger partial charge in [0.05, 0.1) is 11.4 Å². The molecule has 10 nitrogen and oxygen atoms in total. The minimum absolute atomic E-state index is 0.141. The number of rotatable bonds is 2. The number of pyridine rings is 2. The third-order valence-electron chi connectivity index (χ3n) is 5.94. The van der Waals surface area contributed by atoms with Gasteiger partial charge in [0.25, 0.3) is 0 Å². The van der Waals surface area contributed by atoms with Crippen molar-refractivity contribution in [2.75, 3.05) is 31.1 Å². The van der Waals surface area contributed by atoms with Crippen LogP contribution < -0.4 is 10.6 Å². The Labute approximate surface area is 207 Å². The van der Waals surface area contributed by atoms with Gasteiger partial charge in [0, 0.05) is 50.3 Å². The van der Waals surface area contributed by atoms with Crippen LogP contribution in [0.2, 0.25) is 0 Å². The largest absolute Gasteiger partial charge is 0.444 e. The number of imidazole rings is 1. The fourth-order valence-electron chi connectivity index (χ4n) is 4.31. The molecule has 1 saturated heterocycles. The minimum atomic E-state index is -0.545. The zero-order valence-corrected chi connectivity index (χ0v) is 20.7. The summed E-state index contributed by atoms with van der Waals surface area (Å²) < 4.78 is 23.0. The first-order valence-corrected chi connectivity index (χ1v) is 11.9. The molecule has 5 rings (SSSR count). The lowest BCUT2D eigenvalue weighted by atomic mass is 10.2. The first-order chi connectivity index (χ1) is 17.1. The summed E-state index contributed by atoms with van der Waals surface area (Å²) in [5.74, 6) is -0.371. The van der Waals surface area contributed by atoms with Gasteiger partial charge < -0.3 is 18.9 Å². The number of halogens is 1. The Balaban J connectivity index is 1.40. The molecule has 36 heavy (non-hydrogen) atoms. The number of carbonyl (C=O) groups is 1. The number of anilines is 1. The van der Waals surface area contributed by atoms with Crippen molar-refractivity contribution < 1.29 is 13.9 Å². The number of fused-ring (bicyclic) bond motifs is 2. The van der Waals surface area contributed by atoms with Gasteiger partial charge in [-0.05, 0) is 52.3 Å². The number of hydrogen-bond acceptors (Lipinski definition) is 7. The summed E-state index contributed by atoms with van der Waals surface area (Å²) in [6, 6.07) is 4.92. The lowest BCUT2D eigenvalue weighted by Gasteiger charge is -2.27. The molecule has 0 atom stereocenters. The molecular weight excluding hydrogens is 465 g/mol. The van der Waals surface area contributed by atoms with Gasteiger partial charge in [-0.2, -0.15) is 4.98 Å². The number of carbonyl (C=O) groups excluding carboxylic acids is 1. The summed E-state index contributed by atoms with van der Waals surface area (Å²) in [6.07, 6.45) is 5.51.